The van der Waals surface area contributed by atoms with Crippen molar-refractivity contribution < 1.29 is 24.0 Å². The van der Waals surface area contributed by atoms with Gasteiger partial charge in [-0.1, -0.05) is 6.42 Å². The van der Waals surface area contributed by atoms with E-state index in [0.29, 0.717) is 75.1 Å². The van der Waals surface area contributed by atoms with E-state index in [0.717, 1.165) is 18.6 Å². The molecule has 0 bridgehead atoms. The van der Waals surface area contributed by atoms with E-state index in [-0.39, 0.29) is 49.2 Å². The summed E-state index contributed by atoms with van der Waals surface area (Å²) < 4.78 is 0. The van der Waals surface area contributed by atoms with E-state index in [2.05, 4.69) is 41.9 Å². The molecule has 0 radical (unpaired) electrons. The Bertz CT molecular complexity index is 1130. The molecule has 2 aliphatic heterocycles. The van der Waals surface area contributed by atoms with Gasteiger partial charge in [0, 0.05) is 37.6 Å². The lowest BCUT2D eigenvalue weighted by Crippen LogP contribution is -2.56. The lowest BCUT2D eigenvalue weighted by molar-refractivity contribution is -0.134. The van der Waals surface area contributed by atoms with E-state index in [9.17, 15) is 24.0 Å². The molecule has 0 spiro atoms. The normalized spacial score (nSPS) is 20.9. The average Bonchev–Trinajstić information content (AvgIpc) is 3.59. The van der Waals surface area contributed by atoms with E-state index in [1.807, 2.05) is 11.8 Å². The highest BCUT2D eigenvalue weighted by Crippen LogP contribution is 2.33. The number of nitrogens with zero attached hydrogens (tertiary/aromatic N) is 2. The van der Waals surface area contributed by atoms with Gasteiger partial charge in [0.05, 0.1) is 23.8 Å². The van der Waals surface area contributed by atoms with Crippen molar-refractivity contribution >= 4 is 53.1 Å². The van der Waals surface area contributed by atoms with Gasteiger partial charge in [0.2, 0.25) is 23.6 Å². The number of amides is 6. The van der Waals surface area contributed by atoms with E-state index < -0.39 is 29.9 Å². The van der Waals surface area contributed by atoms with E-state index in [1.165, 1.54) is 7.05 Å². The van der Waals surface area contributed by atoms with E-state index >= 15 is 0 Å². The second-order valence-corrected chi connectivity index (χ2v) is 13.6. The molecule has 17 heteroatoms. The standard InChI is InChI=1S/C31H57N11O5S/c1-19(33)36-16-8-11-22(38-26(43)14-5-4-13-25-27-24(18-48-25)41-31(47)42-27)29(45)40-23(12-9-17-37-20(2)34)30(46)39-21(28(44)35-3)10-6-7-15-32/h21-25,27H,4-18,32H2,1-3H3,(H2,33,36)(H2,34,37)(H,35,44)(H,38,43)(H,39,46)(H,40,45)(H2,41,42,47)/t21?,22?,23?,24-,25-,27-/m0/s1. The van der Waals surface area contributed by atoms with Crippen LogP contribution in [0.15, 0.2) is 9.98 Å². The minimum absolute atomic E-state index is 0.109. The first-order valence-electron chi connectivity index (χ1n) is 17.0. The fourth-order valence-corrected chi connectivity index (χ4v) is 7.20. The Morgan fingerprint density at radius 2 is 1.38 bits per heavy atom. The minimum Gasteiger partial charge on any atom is -0.388 e. The van der Waals surface area contributed by atoms with Crippen LogP contribution in [0, 0.1) is 0 Å². The maximum absolute atomic E-state index is 13.6. The predicted molar refractivity (Wildman–Crippen MR) is 190 cm³/mol. The Kier molecular flexibility index (Phi) is 18.7. The largest absolute Gasteiger partial charge is 0.388 e. The number of rotatable bonds is 23. The number of amidine groups is 2. The molecule has 2 heterocycles. The van der Waals surface area contributed by atoms with Crippen molar-refractivity contribution in [2.45, 2.75) is 120 Å². The first-order valence-corrected chi connectivity index (χ1v) is 18.0. The fourth-order valence-electron chi connectivity index (χ4n) is 5.66. The Morgan fingerprint density at radius 3 is 1.94 bits per heavy atom. The van der Waals surface area contributed by atoms with Gasteiger partial charge in [-0.15, -0.1) is 0 Å². The van der Waals surface area contributed by atoms with Gasteiger partial charge in [0.1, 0.15) is 18.1 Å². The van der Waals surface area contributed by atoms with Gasteiger partial charge < -0.3 is 49.1 Å². The minimum atomic E-state index is -0.977. The van der Waals surface area contributed by atoms with Crippen molar-refractivity contribution in [2.75, 3.05) is 32.4 Å². The smallest absolute Gasteiger partial charge is 0.315 e. The number of hydrogen-bond acceptors (Lipinski definition) is 9. The van der Waals surface area contributed by atoms with Crippen LogP contribution in [0.25, 0.3) is 0 Å². The van der Waals surface area contributed by atoms with Crippen molar-refractivity contribution in [1.29, 1.82) is 0 Å². The number of carbonyl (C=O) groups excluding carboxylic acids is 5. The number of fused-ring (bicyclic) bond motifs is 1. The number of nitrogens with one attached hydrogen (secondary N) is 6. The summed E-state index contributed by atoms with van der Waals surface area (Å²) in [6.07, 6.45) is 5.73. The van der Waals surface area contributed by atoms with Gasteiger partial charge >= 0.3 is 6.03 Å². The zero-order chi connectivity index (χ0) is 35.5. The molecule has 2 saturated heterocycles. The van der Waals surface area contributed by atoms with E-state index in [1.54, 1.807) is 13.8 Å². The lowest BCUT2D eigenvalue weighted by Gasteiger charge is -2.25. The molecule has 0 saturated carbocycles. The molecule has 2 rings (SSSR count). The summed E-state index contributed by atoms with van der Waals surface area (Å²) in [4.78, 5) is 72.7. The predicted octanol–water partition coefficient (Wildman–Crippen LogP) is -0.644. The monoisotopic (exact) mass is 695 g/mol. The topological polar surface area (TPSA) is 260 Å². The second kappa shape index (κ2) is 22.1. The summed E-state index contributed by atoms with van der Waals surface area (Å²) in [5.41, 5.74) is 16.9. The number of thioether (sulfide) groups is 1. The molecule has 0 aromatic rings. The zero-order valence-corrected chi connectivity index (χ0v) is 29.5. The summed E-state index contributed by atoms with van der Waals surface area (Å²) in [5.74, 6) is 0.0783. The summed E-state index contributed by atoms with van der Waals surface area (Å²) in [6, 6.07) is -2.54. The number of urea groups is 1. The molecule has 2 aliphatic rings. The van der Waals surface area contributed by atoms with Gasteiger partial charge in [-0.3, -0.25) is 29.2 Å². The number of likely N-dealkylation sites (N-methyl/N-ethyl adjacent to an activating group) is 1. The van der Waals surface area contributed by atoms with Crippen molar-refractivity contribution in [3.63, 3.8) is 0 Å². The quantitative estimate of drug-likeness (QED) is 0.0284. The highest BCUT2D eigenvalue weighted by molar-refractivity contribution is 8.00. The average molecular weight is 696 g/mol. The molecule has 2 fully saturated rings. The fraction of sp³-hybridized carbons (Fsp3) is 0.774. The van der Waals surface area contributed by atoms with Crippen LogP contribution in [0.5, 0.6) is 0 Å². The number of carbonyl (C=O) groups is 5. The van der Waals surface area contributed by atoms with Crippen LogP contribution in [0.2, 0.25) is 0 Å². The lowest BCUT2D eigenvalue weighted by atomic mass is 10.0. The molecule has 3 unspecified atom stereocenters. The molecule has 6 amide bonds. The Morgan fingerprint density at radius 1 is 0.812 bits per heavy atom. The highest BCUT2D eigenvalue weighted by Gasteiger charge is 2.42. The molecule has 12 N–H and O–H groups in total. The number of nitrogens with two attached hydrogens (primary N) is 3. The van der Waals surface area contributed by atoms with Crippen LogP contribution >= 0.6 is 11.8 Å². The van der Waals surface area contributed by atoms with Crippen LogP contribution in [-0.4, -0.2) is 109 Å². The van der Waals surface area contributed by atoms with Crippen LogP contribution in [0.3, 0.4) is 0 Å². The second-order valence-electron chi connectivity index (χ2n) is 12.3. The Balaban J connectivity index is 2.05. The zero-order valence-electron chi connectivity index (χ0n) is 28.6. The molecule has 0 aromatic carbocycles. The maximum Gasteiger partial charge on any atom is 0.315 e. The first kappa shape index (κ1) is 40.6. The van der Waals surface area contributed by atoms with Crippen molar-refractivity contribution in [3.05, 3.63) is 0 Å². The summed E-state index contributed by atoms with van der Waals surface area (Å²) >= 11 is 1.83. The van der Waals surface area contributed by atoms with Crippen LogP contribution in [0.1, 0.15) is 84.5 Å². The molecule has 0 aliphatic carbocycles. The molecule has 0 aromatic heterocycles. The SMILES string of the molecule is CNC(=O)C(CCCCN)NC(=O)C(CCCN=C(C)N)NC(=O)C(CCCN=C(C)N)NC(=O)CCCC[C@@H]1SC[C@@H]2NC(=O)N[C@@H]21. The first-order chi connectivity index (χ1) is 22.9. The highest BCUT2D eigenvalue weighted by atomic mass is 32.2. The summed E-state index contributed by atoms with van der Waals surface area (Å²) in [7, 11) is 1.50. The van der Waals surface area contributed by atoms with Crippen molar-refractivity contribution in [1.82, 2.24) is 31.9 Å². The molecule has 272 valence electrons. The van der Waals surface area contributed by atoms with Gasteiger partial charge in [-0.2, -0.15) is 11.8 Å². The van der Waals surface area contributed by atoms with Gasteiger partial charge in [-0.25, -0.2) is 4.79 Å². The number of aliphatic imine (C=N–C) groups is 2. The maximum atomic E-state index is 13.6. The molecular weight excluding hydrogens is 638 g/mol. The number of unbranched alkanes of at least 4 members (excludes halogenated alkanes) is 2. The van der Waals surface area contributed by atoms with Crippen molar-refractivity contribution in [3.8, 4) is 0 Å². The third-order valence-corrected chi connectivity index (χ3v) is 9.72. The molecule has 6 atom stereocenters. The summed E-state index contributed by atoms with van der Waals surface area (Å²) in [6.45, 7) is 4.55. The Hall–Kier alpha value is -3.60. The van der Waals surface area contributed by atoms with Crippen molar-refractivity contribution in [2.24, 2.45) is 27.2 Å². The van der Waals surface area contributed by atoms with Gasteiger partial charge in [-0.05, 0) is 78.2 Å². The summed E-state index contributed by atoms with van der Waals surface area (Å²) in [5, 5.41) is 17.3. The van der Waals surface area contributed by atoms with E-state index in [4.69, 9.17) is 17.2 Å². The molecular formula is C31H57N11O5S. The molecule has 16 nitrogen and oxygen atoms in total. The third kappa shape index (κ3) is 15.1. The van der Waals surface area contributed by atoms with Gasteiger partial charge in [0.25, 0.3) is 0 Å². The third-order valence-electron chi connectivity index (χ3n) is 8.22. The number of hydrogen-bond donors (Lipinski definition) is 9. The molecule has 48 heavy (non-hydrogen) atoms. The van der Waals surface area contributed by atoms with Crippen LogP contribution in [0.4, 0.5) is 4.79 Å². The van der Waals surface area contributed by atoms with Gasteiger partial charge in [0.15, 0.2) is 0 Å². The van der Waals surface area contributed by atoms with Crippen LogP contribution < -0.4 is 49.1 Å². The van der Waals surface area contributed by atoms with Crippen LogP contribution in [-0.2, 0) is 19.2 Å². The Labute approximate surface area is 288 Å².